The summed E-state index contributed by atoms with van der Waals surface area (Å²) in [5.74, 6) is 1.40. The fourth-order valence-electron chi connectivity index (χ4n) is 2.02. The minimum Gasteiger partial charge on any atom is -0.384 e. The quantitative estimate of drug-likeness (QED) is 0.744. The van der Waals surface area contributed by atoms with Crippen molar-refractivity contribution in [3.05, 3.63) is 59.4 Å². The van der Waals surface area contributed by atoms with Gasteiger partial charge in [0.05, 0.1) is 0 Å². The van der Waals surface area contributed by atoms with E-state index in [-0.39, 0.29) is 0 Å². The summed E-state index contributed by atoms with van der Waals surface area (Å²) in [6.45, 7) is 2.10. The Morgan fingerprint density at radius 1 is 1.11 bits per heavy atom. The van der Waals surface area contributed by atoms with Crippen LogP contribution in [0.3, 0.4) is 0 Å². The summed E-state index contributed by atoms with van der Waals surface area (Å²) in [5.41, 5.74) is 9.14. The van der Waals surface area contributed by atoms with E-state index >= 15 is 0 Å². The lowest BCUT2D eigenvalue weighted by Crippen LogP contribution is -1.98. The maximum absolute atomic E-state index is 5.85. The van der Waals surface area contributed by atoms with Gasteiger partial charge in [-0.05, 0) is 30.2 Å². The molecule has 0 radical (unpaired) electrons. The Morgan fingerprint density at radius 2 is 1.94 bits per heavy atom. The van der Waals surface area contributed by atoms with Gasteiger partial charge in [-0.25, -0.2) is 4.98 Å². The number of nitrogen functional groups attached to an aromatic ring is 1. The molecule has 0 aliphatic carbocycles. The van der Waals surface area contributed by atoms with E-state index < -0.39 is 0 Å². The Kier molecular flexibility index (Phi) is 2.48. The number of hydrogen-bond acceptors (Lipinski definition) is 3. The molecule has 2 heterocycles. The highest BCUT2D eigenvalue weighted by Crippen LogP contribution is 2.13. The highest BCUT2D eigenvalue weighted by atomic mass is 15.3. The van der Waals surface area contributed by atoms with Gasteiger partial charge in [0.15, 0.2) is 11.5 Å². The molecule has 0 saturated heterocycles. The number of nitrogens with zero attached hydrogens (tertiary/aromatic N) is 3. The molecule has 0 aliphatic rings. The molecular weight excluding hydrogens is 224 g/mol. The van der Waals surface area contributed by atoms with E-state index in [0.717, 1.165) is 17.9 Å². The Hall–Kier alpha value is -2.36. The number of rotatable bonds is 2. The Bertz CT molecular complexity index is 700. The number of fused-ring (bicyclic) bond motifs is 1. The van der Waals surface area contributed by atoms with Crippen LogP contribution in [0.2, 0.25) is 0 Å². The van der Waals surface area contributed by atoms with Gasteiger partial charge in [0.1, 0.15) is 5.82 Å². The summed E-state index contributed by atoms with van der Waals surface area (Å²) in [7, 11) is 0. The lowest BCUT2D eigenvalue weighted by atomic mass is 10.1. The van der Waals surface area contributed by atoms with Crippen molar-refractivity contribution in [3.8, 4) is 0 Å². The van der Waals surface area contributed by atoms with Crippen LogP contribution >= 0.6 is 0 Å². The van der Waals surface area contributed by atoms with Crippen molar-refractivity contribution in [1.82, 2.24) is 14.6 Å². The lowest BCUT2D eigenvalue weighted by molar-refractivity contribution is 0.905. The van der Waals surface area contributed by atoms with Crippen molar-refractivity contribution in [2.45, 2.75) is 13.3 Å². The molecule has 4 nitrogen and oxygen atoms in total. The minimum absolute atomic E-state index is 0.607. The predicted octanol–water partition coefficient (Wildman–Crippen LogP) is 2.21. The maximum Gasteiger partial charge on any atom is 0.157 e. The summed E-state index contributed by atoms with van der Waals surface area (Å²) in [4.78, 5) is 4.48. The zero-order chi connectivity index (χ0) is 12.5. The molecular formula is C14H14N4. The smallest absolute Gasteiger partial charge is 0.157 e. The molecule has 3 rings (SSSR count). The van der Waals surface area contributed by atoms with Crippen LogP contribution < -0.4 is 5.73 Å². The van der Waals surface area contributed by atoms with Crippen molar-refractivity contribution >= 4 is 11.5 Å². The second-order valence-corrected chi connectivity index (χ2v) is 4.35. The van der Waals surface area contributed by atoms with E-state index in [1.165, 1.54) is 11.1 Å². The Balaban J connectivity index is 2.01. The molecule has 2 N–H and O–H groups in total. The number of pyridine rings is 1. The van der Waals surface area contributed by atoms with E-state index in [0.29, 0.717) is 5.82 Å². The molecule has 0 atom stereocenters. The van der Waals surface area contributed by atoms with Gasteiger partial charge in [0.2, 0.25) is 0 Å². The van der Waals surface area contributed by atoms with Gasteiger partial charge in [-0.1, -0.05) is 30.3 Å². The first-order valence-corrected chi connectivity index (χ1v) is 5.89. The van der Waals surface area contributed by atoms with Gasteiger partial charge in [0.25, 0.3) is 0 Å². The molecule has 0 bridgehead atoms. The van der Waals surface area contributed by atoms with E-state index in [1.807, 2.05) is 30.3 Å². The molecule has 0 amide bonds. The summed E-state index contributed by atoms with van der Waals surface area (Å²) < 4.78 is 1.67. The highest BCUT2D eigenvalue weighted by Gasteiger charge is 2.07. The first-order valence-electron chi connectivity index (χ1n) is 5.89. The normalized spacial score (nSPS) is 10.9. The van der Waals surface area contributed by atoms with Gasteiger partial charge in [0, 0.05) is 6.42 Å². The van der Waals surface area contributed by atoms with Gasteiger partial charge in [-0.15, -0.1) is 5.10 Å². The zero-order valence-electron chi connectivity index (χ0n) is 10.2. The van der Waals surface area contributed by atoms with Crippen molar-refractivity contribution in [2.24, 2.45) is 0 Å². The third-order valence-corrected chi connectivity index (χ3v) is 3.04. The molecule has 4 heteroatoms. The predicted molar refractivity (Wildman–Crippen MR) is 71.4 cm³/mol. The molecule has 0 saturated carbocycles. The SMILES string of the molecule is Cc1ccccc1Cc1nc2cccc(N)n2n1. The molecule has 0 unspecified atom stereocenters. The lowest BCUT2D eigenvalue weighted by Gasteiger charge is -2.01. The third kappa shape index (κ3) is 1.82. The van der Waals surface area contributed by atoms with Crippen molar-refractivity contribution < 1.29 is 0 Å². The summed E-state index contributed by atoms with van der Waals surface area (Å²) in [6, 6.07) is 13.9. The largest absolute Gasteiger partial charge is 0.384 e. The summed E-state index contributed by atoms with van der Waals surface area (Å²) >= 11 is 0. The first-order chi connectivity index (χ1) is 8.74. The number of benzene rings is 1. The zero-order valence-corrected chi connectivity index (χ0v) is 10.2. The van der Waals surface area contributed by atoms with Gasteiger partial charge >= 0.3 is 0 Å². The number of nitrogens with two attached hydrogens (primary N) is 1. The number of aromatic nitrogens is 3. The fraction of sp³-hybridized carbons (Fsp3) is 0.143. The number of anilines is 1. The molecule has 90 valence electrons. The highest BCUT2D eigenvalue weighted by molar-refractivity contribution is 5.46. The molecule has 0 spiro atoms. The molecule has 3 aromatic rings. The van der Waals surface area contributed by atoms with Crippen molar-refractivity contribution in [2.75, 3.05) is 5.73 Å². The second kappa shape index (κ2) is 4.14. The van der Waals surface area contributed by atoms with Gasteiger partial charge in [-0.3, -0.25) is 0 Å². The van der Waals surface area contributed by atoms with Crippen LogP contribution in [0.1, 0.15) is 17.0 Å². The molecule has 2 aromatic heterocycles. The van der Waals surface area contributed by atoms with Crippen LogP contribution in [0.4, 0.5) is 5.82 Å². The summed E-state index contributed by atoms with van der Waals surface area (Å²) in [5, 5.41) is 4.43. The summed E-state index contributed by atoms with van der Waals surface area (Å²) in [6.07, 6.45) is 0.730. The van der Waals surface area contributed by atoms with Gasteiger partial charge < -0.3 is 5.73 Å². The van der Waals surface area contributed by atoms with Crippen LogP contribution in [0.5, 0.6) is 0 Å². The molecule has 0 fully saturated rings. The molecule has 0 aliphatic heterocycles. The van der Waals surface area contributed by atoms with Crippen molar-refractivity contribution in [3.63, 3.8) is 0 Å². The van der Waals surface area contributed by atoms with Gasteiger partial charge in [-0.2, -0.15) is 4.52 Å². The standard InChI is InChI=1S/C14H14N4/c1-10-5-2-3-6-11(10)9-13-16-14-8-4-7-12(15)18(14)17-13/h2-8H,9,15H2,1H3. The Morgan fingerprint density at radius 3 is 2.72 bits per heavy atom. The Labute approximate surface area is 105 Å². The second-order valence-electron chi connectivity index (χ2n) is 4.35. The fourth-order valence-corrected chi connectivity index (χ4v) is 2.02. The number of hydrogen-bond donors (Lipinski definition) is 1. The maximum atomic E-state index is 5.85. The van der Waals surface area contributed by atoms with E-state index in [4.69, 9.17) is 5.73 Å². The van der Waals surface area contributed by atoms with E-state index in [2.05, 4.69) is 29.1 Å². The topological polar surface area (TPSA) is 56.2 Å². The number of aryl methyl sites for hydroxylation is 1. The van der Waals surface area contributed by atoms with Crippen molar-refractivity contribution in [1.29, 1.82) is 0 Å². The monoisotopic (exact) mass is 238 g/mol. The van der Waals surface area contributed by atoms with Crippen LogP contribution in [0, 0.1) is 6.92 Å². The third-order valence-electron chi connectivity index (χ3n) is 3.04. The van der Waals surface area contributed by atoms with Crippen LogP contribution in [0.15, 0.2) is 42.5 Å². The average molecular weight is 238 g/mol. The van der Waals surface area contributed by atoms with E-state index in [1.54, 1.807) is 4.52 Å². The van der Waals surface area contributed by atoms with Crippen LogP contribution in [-0.4, -0.2) is 14.6 Å². The minimum atomic E-state index is 0.607. The first kappa shape index (κ1) is 10.8. The van der Waals surface area contributed by atoms with Crippen LogP contribution in [-0.2, 0) is 6.42 Å². The molecule has 1 aromatic carbocycles. The van der Waals surface area contributed by atoms with Crippen LogP contribution in [0.25, 0.3) is 5.65 Å². The average Bonchev–Trinajstić information content (AvgIpc) is 2.76. The molecule has 18 heavy (non-hydrogen) atoms. The van der Waals surface area contributed by atoms with E-state index in [9.17, 15) is 0 Å².